The van der Waals surface area contributed by atoms with Gasteiger partial charge in [-0.05, 0) is 61.7 Å². The Labute approximate surface area is 194 Å². The molecule has 0 aromatic heterocycles. The molecule has 0 bridgehead atoms. The largest absolute Gasteiger partial charge is 0.469 e. The Balaban J connectivity index is 1.90. The van der Waals surface area contributed by atoms with Gasteiger partial charge in [-0.25, -0.2) is 9.18 Å². The maximum absolute atomic E-state index is 13.1. The second-order valence-electron chi connectivity index (χ2n) is 7.60. The molecule has 0 spiro atoms. The maximum atomic E-state index is 13.1. The Kier molecular flexibility index (Phi) is 11.0. The van der Waals surface area contributed by atoms with Gasteiger partial charge in [0.15, 0.2) is 0 Å². The highest BCUT2D eigenvalue weighted by Crippen LogP contribution is 2.17. The van der Waals surface area contributed by atoms with Gasteiger partial charge < -0.3 is 20.3 Å². The zero-order valence-corrected chi connectivity index (χ0v) is 19.2. The van der Waals surface area contributed by atoms with Gasteiger partial charge in [0.2, 0.25) is 0 Å². The second-order valence-corrected chi connectivity index (χ2v) is 8.01. The van der Waals surface area contributed by atoms with E-state index >= 15 is 0 Å². The monoisotopic (exact) mass is 463 g/mol. The van der Waals surface area contributed by atoms with Gasteiger partial charge >= 0.3 is 12.0 Å². The number of methoxy groups -OCH3 is 1. The molecule has 174 valence electrons. The zero-order valence-electron chi connectivity index (χ0n) is 18.4. The van der Waals surface area contributed by atoms with Crippen LogP contribution >= 0.6 is 11.6 Å². The summed E-state index contributed by atoms with van der Waals surface area (Å²) in [5.41, 5.74) is 7.47. The normalized spacial score (nSPS) is 10.9. The Hall–Kier alpha value is -2.64. The number of amides is 2. The maximum Gasteiger partial charge on any atom is 0.315 e. The van der Waals surface area contributed by atoms with Crippen LogP contribution in [0.5, 0.6) is 0 Å². The van der Waals surface area contributed by atoms with Crippen molar-refractivity contribution in [1.82, 2.24) is 9.80 Å². The molecule has 0 atom stereocenters. The smallest absolute Gasteiger partial charge is 0.315 e. The molecule has 2 amide bonds. The minimum Gasteiger partial charge on any atom is -0.469 e. The van der Waals surface area contributed by atoms with Crippen molar-refractivity contribution in [3.8, 4) is 0 Å². The molecule has 0 saturated heterocycles. The van der Waals surface area contributed by atoms with E-state index in [1.54, 1.807) is 23.1 Å². The number of benzene rings is 2. The highest BCUT2D eigenvalue weighted by atomic mass is 35.5. The molecule has 0 saturated carbocycles. The predicted octanol–water partition coefficient (Wildman–Crippen LogP) is 4.25. The van der Waals surface area contributed by atoms with Crippen molar-refractivity contribution in [2.45, 2.75) is 32.2 Å². The lowest BCUT2D eigenvalue weighted by atomic mass is 10.1. The summed E-state index contributed by atoms with van der Waals surface area (Å²) in [5, 5.41) is 0.600. The van der Waals surface area contributed by atoms with Crippen LogP contribution in [0.3, 0.4) is 0 Å². The van der Waals surface area contributed by atoms with Crippen molar-refractivity contribution in [1.29, 1.82) is 0 Å². The predicted molar refractivity (Wildman–Crippen MR) is 124 cm³/mol. The fourth-order valence-electron chi connectivity index (χ4n) is 3.41. The van der Waals surface area contributed by atoms with Gasteiger partial charge in [0.25, 0.3) is 0 Å². The van der Waals surface area contributed by atoms with E-state index in [9.17, 15) is 14.0 Å². The molecule has 6 nitrogen and oxygen atoms in total. The van der Waals surface area contributed by atoms with E-state index in [1.807, 2.05) is 18.2 Å². The molecule has 0 aliphatic carbocycles. The first-order chi connectivity index (χ1) is 15.4. The van der Waals surface area contributed by atoms with E-state index in [1.165, 1.54) is 19.2 Å². The average Bonchev–Trinajstić information content (AvgIpc) is 2.78. The molecule has 2 aromatic carbocycles. The first kappa shape index (κ1) is 25.6. The van der Waals surface area contributed by atoms with Crippen LogP contribution in [0.25, 0.3) is 0 Å². The number of hydrogen-bond acceptors (Lipinski definition) is 4. The first-order valence-electron chi connectivity index (χ1n) is 10.7. The van der Waals surface area contributed by atoms with E-state index in [-0.39, 0.29) is 11.8 Å². The third kappa shape index (κ3) is 9.24. The molecule has 0 aliphatic rings. The molecule has 2 N–H and O–H groups in total. The number of nitrogens with two attached hydrogens (primary N) is 1. The zero-order chi connectivity index (χ0) is 23.3. The SMILES string of the molecule is COC(=O)CCCN(CCCN(Cc1ccccc1Cl)C(N)=O)CCc1ccc(F)cc1. The molecule has 2 rings (SSSR count). The minimum absolute atomic E-state index is 0.233. The molecule has 2 aromatic rings. The van der Waals surface area contributed by atoms with Crippen LogP contribution in [-0.4, -0.2) is 55.1 Å². The van der Waals surface area contributed by atoms with E-state index in [0.29, 0.717) is 31.0 Å². The third-order valence-corrected chi connectivity index (χ3v) is 5.61. The van der Waals surface area contributed by atoms with Crippen molar-refractivity contribution in [2.75, 3.05) is 33.3 Å². The number of halogens is 2. The summed E-state index contributed by atoms with van der Waals surface area (Å²) in [4.78, 5) is 27.2. The number of primary amides is 1. The Morgan fingerprint density at radius 2 is 1.69 bits per heavy atom. The van der Waals surface area contributed by atoms with Crippen LogP contribution in [0.15, 0.2) is 48.5 Å². The van der Waals surface area contributed by atoms with Crippen LogP contribution in [0, 0.1) is 5.82 Å². The summed E-state index contributed by atoms with van der Waals surface area (Å²) in [6.07, 6.45) is 2.51. The van der Waals surface area contributed by atoms with Crippen molar-refractivity contribution < 1.29 is 18.7 Å². The summed E-state index contributed by atoms with van der Waals surface area (Å²) in [7, 11) is 1.38. The lowest BCUT2D eigenvalue weighted by Crippen LogP contribution is -2.38. The van der Waals surface area contributed by atoms with E-state index in [2.05, 4.69) is 4.90 Å². The summed E-state index contributed by atoms with van der Waals surface area (Å²) in [6.45, 7) is 3.05. The van der Waals surface area contributed by atoms with Crippen LogP contribution in [0.4, 0.5) is 9.18 Å². The van der Waals surface area contributed by atoms with E-state index in [0.717, 1.165) is 43.6 Å². The summed E-state index contributed by atoms with van der Waals surface area (Å²) in [6, 6.07) is 13.3. The van der Waals surface area contributed by atoms with Crippen molar-refractivity contribution in [3.05, 3.63) is 70.5 Å². The fourth-order valence-corrected chi connectivity index (χ4v) is 3.60. The highest BCUT2D eigenvalue weighted by Gasteiger charge is 2.14. The summed E-state index contributed by atoms with van der Waals surface area (Å²) >= 11 is 6.21. The van der Waals surface area contributed by atoms with Crippen molar-refractivity contribution in [2.24, 2.45) is 5.73 Å². The van der Waals surface area contributed by atoms with Gasteiger partial charge in [0, 0.05) is 31.1 Å². The van der Waals surface area contributed by atoms with E-state index < -0.39 is 6.03 Å². The second kappa shape index (κ2) is 13.7. The standard InChI is InChI=1S/C24H31ClFN3O3/c1-32-23(30)8-4-14-28(17-13-19-9-11-21(26)12-10-19)15-5-16-29(24(27)31)18-20-6-2-3-7-22(20)25/h2-3,6-7,9-12H,4-5,8,13-18H2,1H3,(H2,27,31). The molecule has 32 heavy (non-hydrogen) atoms. The molecule has 0 unspecified atom stereocenters. The Morgan fingerprint density at radius 1 is 1.00 bits per heavy atom. The van der Waals surface area contributed by atoms with Gasteiger partial charge in [-0.2, -0.15) is 0 Å². The number of rotatable bonds is 13. The first-order valence-corrected chi connectivity index (χ1v) is 11.1. The summed E-state index contributed by atoms with van der Waals surface area (Å²) < 4.78 is 17.9. The van der Waals surface area contributed by atoms with Gasteiger partial charge in [-0.15, -0.1) is 0 Å². The van der Waals surface area contributed by atoms with Crippen LogP contribution in [0.1, 0.15) is 30.4 Å². The molecule has 0 heterocycles. The number of esters is 1. The van der Waals surface area contributed by atoms with Gasteiger partial charge in [0.1, 0.15) is 5.82 Å². The van der Waals surface area contributed by atoms with Crippen LogP contribution in [0.2, 0.25) is 5.02 Å². The lowest BCUT2D eigenvalue weighted by Gasteiger charge is -2.25. The number of ether oxygens (including phenoxy) is 1. The molecular weight excluding hydrogens is 433 g/mol. The van der Waals surface area contributed by atoms with Crippen molar-refractivity contribution in [3.63, 3.8) is 0 Å². The average molecular weight is 464 g/mol. The third-order valence-electron chi connectivity index (χ3n) is 5.25. The number of carbonyl (C=O) groups is 2. The van der Waals surface area contributed by atoms with Crippen LogP contribution in [-0.2, 0) is 22.5 Å². The number of urea groups is 1. The number of carbonyl (C=O) groups excluding carboxylic acids is 2. The lowest BCUT2D eigenvalue weighted by molar-refractivity contribution is -0.140. The van der Waals surface area contributed by atoms with Gasteiger partial charge in [-0.1, -0.05) is 41.9 Å². The molecule has 0 aliphatic heterocycles. The summed E-state index contributed by atoms with van der Waals surface area (Å²) in [5.74, 6) is -0.489. The molecule has 0 fully saturated rings. The van der Waals surface area contributed by atoms with Gasteiger partial charge in [-0.3, -0.25) is 4.79 Å². The Bertz CT molecular complexity index is 864. The molecule has 8 heteroatoms. The highest BCUT2D eigenvalue weighted by molar-refractivity contribution is 6.31. The minimum atomic E-state index is -0.492. The number of nitrogens with zero attached hydrogens (tertiary/aromatic N) is 2. The quantitative estimate of drug-likeness (QED) is 0.450. The number of hydrogen-bond donors (Lipinski definition) is 1. The molecule has 0 radical (unpaired) electrons. The molecular formula is C24H31ClFN3O3. The Morgan fingerprint density at radius 3 is 2.34 bits per heavy atom. The van der Waals surface area contributed by atoms with E-state index in [4.69, 9.17) is 22.1 Å². The topological polar surface area (TPSA) is 75.9 Å². The van der Waals surface area contributed by atoms with Gasteiger partial charge in [0.05, 0.1) is 7.11 Å². The van der Waals surface area contributed by atoms with Crippen LogP contribution < -0.4 is 5.73 Å². The fraction of sp³-hybridized carbons (Fsp3) is 0.417. The van der Waals surface area contributed by atoms with Crippen molar-refractivity contribution >= 4 is 23.6 Å².